The van der Waals surface area contributed by atoms with Crippen LogP contribution in [0.5, 0.6) is 0 Å². The van der Waals surface area contributed by atoms with Crippen molar-refractivity contribution in [1.82, 2.24) is 14.1 Å². The number of rotatable bonds is 9. The third kappa shape index (κ3) is 6.38. The number of thiophene rings is 1. The predicted octanol–water partition coefficient (Wildman–Crippen LogP) is 4.05. The Kier molecular flexibility index (Phi) is 9.49. The van der Waals surface area contributed by atoms with E-state index in [4.69, 9.17) is 4.74 Å². The number of nitrogens with zero attached hydrogens (tertiary/aromatic N) is 3. The minimum absolute atomic E-state index is 0.0628. The molecule has 2 aliphatic heterocycles. The highest BCUT2D eigenvalue weighted by atomic mass is 32.2. The molecule has 0 saturated carbocycles. The summed E-state index contributed by atoms with van der Waals surface area (Å²) in [6, 6.07) is 5.99. The topological polar surface area (TPSA) is 99.3 Å². The molecule has 0 spiro atoms. The summed E-state index contributed by atoms with van der Waals surface area (Å²) in [5.41, 5.74) is 1.96. The normalized spacial score (nSPS) is 20.4. The van der Waals surface area contributed by atoms with Crippen LogP contribution in [0.4, 0.5) is 5.00 Å². The van der Waals surface area contributed by atoms with Crippen LogP contribution in [0.25, 0.3) is 0 Å². The number of anilines is 1. The summed E-state index contributed by atoms with van der Waals surface area (Å²) < 4.78 is 33.5. The molecule has 4 rings (SSSR count). The van der Waals surface area contributed by atoms with Crippen LogP contribution in [0.15, 0.2) is 29.2 Å². The Morgan fingerprint density at radius 1 is 1.08 bits per heavy atom. The maximum atomic E-state index is 13.5. The Bertz CT molecular complexity index is 1280. The molecule has 1 aromatic carbocycles. The molecule has 1 fully saturated rings. The van der Waals surface area contributed by atoms with Gasteiger partial charge < -0.3 is 15.0 Å². The van der Waals surface area contributed by atoms with Gasteiger partial charge in [-0.1, -0.05) is 6.92 Å². The number of hydrogen-bond donors (Lipinski definition) is 1. The summed E-state index contributed by atoms with van der Waals surface area (Å²) in [5, 5.41) is 3.55. The molecule has 9 nitrogen and oxygen atoms in total. The van der Waals surface area contributed by atoms with Crippen molar-refractivity contribution in [2.75, 3.05) is 44.6 Å². The van der Waals surface area contributed by atoms with Crippen LogP contribution >= 0.6 is 11.3 Å². The molecule has 2 aromatic rings. The van der Waals surface area contributed by atoms with E-state index < -0.39 is 10.0 Å². The second-order valence-electron chi connectivity index (χ2n) is 10.3. The molecule has 2 aliphatic rings. The number of ether oxygens (including phenoxy) is 1. The molecule has 1 N–H and O–H groups in total. The molecular formula is C28H40N4O5S2. The van der Waals surface area contributed by atoms with Crippen LogP contribution in [0.3, 0.4) is 0 Å². The van der Waals surface area contributed by atoms with E-state index in [1.54, 1.807) is 4.90 Å². The summed E-state index contributed by atoms with van der Waals surface area (Å²) >= 11 is 1.47. The molecule has 2 unspecified atom stereocenters. The van der Waals surface area contributed by atoms with Crippen molar-refractivity contribution in [3.63, 3.8) is 0 Å². The maximum absolute atomic E-state index is 13.5. The summed E-state index contributed by atoms with van der Waals surface area (Å²) in [4.78, 5) is 32.3. The van der Waals surface area contributed by atoms with Crippen LogP contribution in [-0.2, 0) is 27.7 Å². The highest BCUT2D eigenvalue weighted by Crippen LogP contribution is 2.38. The molecule has 1 aromatic heterocycles. The standard InChI is InChI=1S/C28H40N4O5S2/c1-6-14-30-15-13-23-24(18-30)38-27(25(23)28(34)31(7-2)8-3)29-26(33)21-9-11-22(12-10-21)39(35,36)32-16-19(4)37-20(5)17-32/h9-12,19-20H,6-8,13-18H2,1-5H3,(H,29,33). The molecule has 11 heteroatoms. The molecule has 0 bridgehead atoms. The monoisotopic (exact) mass is 576 g/mol. The highest BCUT2D eigenvalue weighted by molar-refractivity contribution is 7.89. The molecule has 39 heavy (non-hydrogen) atoms. The Balaban J connectivity index is 1.58. The zero-order valence-corrected chi connectivity index (χ0v) is 25.2. The molecule has 2 atom stereocenters. The van der Waals surface area contributed by atoms with Crippen LogP contribution in [0, 0.1) is 0 Å². The highest BCUT2D eigenvalue weighted by Gasteiger charge is 2.33. The first kappa shape index (κ1) is 29.7. The molecule has 0 radical (unpaired) electrons. The smallest absolute Gasteiger partial charge is 0.257 e. The van der Waals surface area contributed by atoms with Crippen molar-refractivity contribution in [3.8, 4) is 0 Å². The van der Waals surface area contributed by atoms with E-state index in [1.807, 2.05) is 27.7 Å². The van der Waals surface area contributed by atoms with Gasteiger partial charge in [0.2, 0.25) is 10.0 Å². The summed E-state index contributed by atoms with van der Waals surface area (Å²) in [7, 11) is -3.71. The van der Waals surface area contributed by atoms with Gasteiger partial charge in [0.15, 0.2) is 0 Å². The van der Waals surface area contributed by atoms with Gasteiger partial charge >= 0.3 is 0 Å². The Morgan fingerprint density at radius 3 is 2.31 bits per heavy atom. The first-order valence-corrected chi connectivity index (χ1v) is 16.1. The zero-order valence-electron chi connectivity index (χ0n) is 23.5. The maximum Gasteiger partial charge on any atom is 0.257 e. The lowest BCUT2D eigenvalue weighted by Gasteiger charge is -2.34. The molecule has 214 valence electrons. The van der Waals surface area contributed by atoms with Gasteiger partial charge in [0.25, 0.3) is 11.8 Å². The van der Waals surface area contributed by atoms with Gasteiger partial charge in [-0.15, -0.1) is 11.3 Å². The number of benzene rings is 1. The van der Waals surface area contributed by atoms with Crippen molar-refractivity contribution in [1.29, 1.82) is 0 Å². The number of fused-ring (bicyclic) bond motifs is 1. The average Bonchev–Trinajstić information content (AvgIpc) is 3.25. The van der Waals surface area contributed by atoms with Crippen molar-refractivity contribution in [2.24, 2.45) is 0 Å². The summed E-state index contributed by atoms with van der Waals surface area (Å²) in [5.74, 6) is -0.433. The largest absolute Gasteiger partial charge is 0.373 e. The van der Waals surface area contributed by atoms with Gasteiger partial charge in [-0.3, -0.25) is 14.5 Å². The van der Waals surface area contributed by atoms with E-state index in [0.717, 1.165) is 42.9 Å². The van der Waals surface area contributed by atoms with Crippen LogP contribution in [0.2, 0.25) is 0 Å². The summed E-state index contributed by atoms with van der Waals surface area (Å²) in [6.45, 7) is 14.2. The average molecular weight is 577 g/mol. The number of sulfonamides is 1. The van der Waals surface area contributed by atoms with E-state index in [1.165, 1.54) is 39.9 Å². The third-order valence-electron chi connectivity index (χ3n) is 7.31. The summed E-state index contributed by atoms with van der Waals surface area (Å²) in [6.07, 6.45) is 1.46. The second kappa shape index (κ2) is 12.5. The van der Waals surface area contributed by atoms with Gasteiger partial charge in [0, 0.05) is 49.7 Å². The fourth-order valence-electron chi connectivity index (χ4n) is 5.38. The van der Waals surface area contributed by atoms with Crippen molar-refractivity contribution in [2.45, 2.75) is 71.1 Å². The van der Waals surface area contributed by atoms with Crippen molar-refractivity contribution >= 4 is 38.2 Å². The molecule has 2 amide bonds. The van der Waals surface area contributed by atoms with E-state index >= 15 is 0 Å². The molecule has 3 heterocycles. The molecular weight excluding hydrogens is 536 g/mol. The fraction of sp³-hybridized carbons (Fsp3) is 0.571. The Morgan fingerprint density at radius 2 is 1.72 bits per heavy atom. The first-order chi connectivity index (χ1) is 18.6. The van der Waals surface area contributed by atoms with E-state index in [-0.39, 0.29) is 42.0 Å². The number of morpholine rings is 1. The number of hydrogen-bond acceptors (Lipinski definition) is 7. The molecule has 0 aliphatic carbocycles. The number of nitrogens with one attached hydrogen (secondary N) is 1. The van der Waals surface area contributed by atoms with Crippen molar-refractivity contribution < 1.29 is 22.7 Å². The lowest BCUT2D eigenvalue weighted by molar-refractivity contribution is -0.0440. The minimum atomic E-state index is -3.71. The SMILES string of the molecule is CCCN1CCc2c(sc(NC(=O)c3ccc(S(=O)(=O)N4CC(C)OC(C)C4)cc3)c2C(=O)N(CC)CC)C1. The van der Waals surface area contributed by atoms with Gasteiger partial charge in [-0.05, 0) is 76.9 Å². The van der Waals surface area contributed by atoms with Gasteiger partial charge in [0.05, 0.1) is 22.7 Å². The van der Waals surface area contributed by atoms with E-state index in [2.05, 4.69) is 17.1 Å². The van der Waals surface area contributed by atoms with Crippen molar-refractivity contribution in [3.05, 3.63) is 45.8 Å². The Hall–Kier alpha value is -2.31. The van der Waals surface area contributed by atoms with Gasteiger partial charge in [-0.25, -0.2) is 8.42 Å². The third-order valence-corrected chi connectivity index (χ3v) is 10.3. The Labute approximate surface area is 236 Å². The van der Waals surface area contributed by atoms with Crippen LogP contribution < -0.4 is 5.32 Å². The first-order valence-electron chi connectivity index (χ1n) is 13.8. The number of amides is 2. The lowest BCUT2D eigenvalue weighted by Crippen LogP contribution is -2.48. The van der Waals surface area contributed by atoms with Gasteiger partial charge in [0.1, 0.15) is 5.00 Å². The van der Waals surface area contributed by atoms with Crippen LogP contribution in [-0.4, -0.2) is 85.8 Å². The lowest BCUT2D eigenvalue weighted by atomic mass is 10.0. The van der Waals surface area contributed by atoms with E-state index in [0.29, 0.717) is 29.2 Å². The van der Waals surface area contributed by atoms with Gasteiger partial charge in [-0.2, -0.15) is 4.31 Å². The fourth-order valence-corrected chi connectivity index (χ4v) is 8.24. The van der Waals surface area contributed by atoms with E-state index in [9.17, 15) is 18.0 Å². The predicted molar refractivity (Wildman–Crippen MR) is 154 cm³/mol. The van der Waals surface area contributed by atoms with Crippen LogP contribution in [0.1, 0.15) is 72.2 Å². The molecule has 1 saturated heterocycles. The number of carbonyl (C=O) groups is 2. The zero-order chi connectivity index (χ0) is 28.3. The minimum Gasteiger partial charge on any atom is -0.373 e. The second-order valence-corrected chi connectivity index (χ2v) is 13.3. The number of carbonyl (C=O) groups excluding carboxylic acids is 2. The quantitative estimate of drug-likeness (QED) is 0.484.